The summed E-state index contributed by atoms with van der Waals surface area (Å²) in [5, 5.41) is 4.01. The highest BCUT2D eigenvalue weighted by Crippen LogP contribution is 2.65. The number of hydrogen-bond donors (Lipinski definition) is 0. The summed E-state index contributed by atoms with van der Waals surface area (Å²) in [4.78, 5) is 37.3. The SMILES string of the molecule is COC(=O)[C@@]12C(=O)C=CC(=O)[C@@H]1[C@H]1/C(=C\c3ccsc3)C=C[C@H]12. The van der Waals surface area contributed by atoms with Crippen molar-refractivity contribution in [3.05, 3.63) is 52.3 Å². The molecule has 1 aromatic heterocycles. The Morgan fingerprint density at radius 2 is 2.13 bits per heavy atom. The van der Waals surface area contributed by atoms with Crippen LogP contribution < -0.4 is 0 Å². The zero-order chi connectivity index (χ0) is 16.2. The van der Waals surface area contributed by atoms with Gasteiger partial charge in [0, 0.05) is 11.8 Å². The lowest BCUT2D eigenvalue weighted by Crippen LogP contribution is -2.67. The van der Waals surface area contributed by atoms with Gasteiger partial charge in [0.2, 0.25) is 0 Å². The average molecular weight is 326 g/mol. The van der Waals surface area contributed by atoms with Crippen LogP contribution in [-0.4, -0.2) is 24.6 Å². The van der Waals surface area contributed by atoms with Crippen LogP contribution in [0.15, 0.2) is 46.7 Å². The van der Waals surface area contributed by atoms with Gasteiger partial charge in [0.05, 0.1) is 13.0 Å². The number of carbonyl (C=O) groups excluding carboxylic acids is 3. The number of rotatable bonds is 2. The predicted molar refractivity (Wildman–Crippen MR) is 85.5 cm³/mol. The van der Waals surface area contributed by atoms with Gasteiger partial charge < -0.3 is 4.74 Å². The number of hydrogen-bond acceptors (Lipinski definition) is 5. The highest BCUT2D eigenvalue weighted by molar-refractivity contribution is 7.08. The topological polar surface area (TPSA) is 60.4 Å². The zero-order valence-corrected chi connectivity index (χ0v) is 13.2. The van der Waals surface area contributed by atoms with E-state index in [0.29, 0.717) is 0 Å². The standard InChI is InChI=1S/C18H14O4S/c1-22-17(21)18-12-3-2-11(8-10-6-7-23-9-10)15(12)16(18)13(19)4-5-14(18)20/h2-9,12,15-16H,1H3/b11-8-/t12-,15+,16-,18+/m1/s1. The number of allylic oxidation sites excluding steroid dienone is 5. The molecule has 3 aliphatic rings. The van der Waals surface area contributed by atoms with E-state index in [1.165, 1.54) is 19.3 Å². The van der Waals surface area contributed by atoms with Gasteiger partial charge in [-0.1, -0.05) is 18.2 Å². The Kier molecular flexibility index (Phi) is 3.03. The normalized spacial score (nSPS) is 35.9. The summed E-state index contributed by atoms with van der Waals surface area (Å²) in [6, 6.07) is 2.00. The highest BCUT2D eigenvalue weighted by Gasteiger charge is 2.73. The second-order valence-electron chi connectivity index (χ2n) is 6.05. The van der Waals surface area contributed by atoms with Crippen LogP contribution in [-0.2, 0) is 19.1 Å². The fourth-order valence-electron chi connectivity index (χ4n) is 4.20. The lowest BCUT2D eigenvalue weighted by atomic mass is 9.43. The Morgan fingerprint density at radius 3 is 2.83 bits per heavy atom. The summed E-state index contributed by atoms with van der Waals surface area (Å²) in [5.74, 6) is -2.18. The summed E-state index contributed by atoms with van der Waals surface area (Å²) in [7, 11) is 1.26. The van der Waals surface area contributed by atoms with Crippen LogP contribution in [0.25, 0.3) is 6.08 Å². The molecule has 1 fully saturated rings. The molecule has 0 N–H and O–H groups in total. The van der Waals surface area contributed by atoms with E-state index in [9.17, 15) is 14.4 Å². The maximum Gasteiger partial charge on any atom is 0.321 e. The minimum atomic E-state index is -1.37. The third-order valence-corrected chi connectivity index (χ3v) is 5.86. The Bertz CT molecular complexity index is 799. The number of ether oxygens (including phenoxy) is 1. The van der Waals surface area contributed by atoms with Crippen molar-refractivity contribution < 1.29 is 19.1 Å². The minimum absolute atomic E-state index is 0.129. The number of carbonyl (C=O) groups is 3. The van der Waals surface area contributed by atoms with Gasteiger partial charge in [0.1, 0.15) is 5.41 Å². The van der Waals surface area contributed by atoms with Crippen molar-refractivity contribution >= 4 is 34.9 Å². The lowest BCUT2D eigenvalue weighted by Gasteiger charge is -2.55. The van der Waals surface area contributed by atoms with Crippen LogP contribution in [0.5, 0.6) is 0 Å². The van der Waals surface area contributed by atoms with E-state index < -0.39 is 17.3 Å². The molecule has 1 saturated carbocycles. The van der Waals surface area contributed by atoms with Gasteiger partial charge in [-0.05, 0) is 40.1 Å². The third-order valence-electron chi connectivity index (χ3n) is 5.16. The quantitative estimate of drug-likeness (QED) is 0.619. The first-order valence-electron chi connectivity index (χ1n) is 7.37. The molecule has 0 radical (unpaired) electrons. The van der Waals surface area contributed by atoms with Crippen LogP contribution in [0.3, 0.4) is 0 Å². The maximum atomic E-state index is 12.5. The molecule has 5 heteroatoms. The van der Waals surface area contributed by atoms with Gasteiger partial charge in [-0.15, -0.1) is 0 Å². The summed E-state index contributed by atoms with van der Waals surface area (Å²) in [6.07, 6.45) is 8.34. The van der Waals surface area contributed by atoms with E-state index in [4.69, 9.17) is 4.74 Å². The largest absolute Gasteiger partial charge is 0.468 e. The predicted octanol–water partition coefficient (Wildman–Crippen LogP) is 2.43. The Hall–Kier alpha value is -2.27. The molecule has 0 unspecified atom stereocenters. The average Bonchev–Trinajstić information content (AvgIpc) is 3.14. The molecule has 4 atom stereocenters. The van der Waals surface area contributed by atoms with E-state index in [1.54, 1.807) is 11.3 Å². The monoisotopic (exact) mass is 326 g/mol. The van der Waals surface area contributed by atoms with Gasteiger partial charge >= 0.3 is 5.97 Å². The van der Waals surface area contributed by atoms with Gasteiger partial charge in [-0.3, -0.25) is 14.4 Å². The number of methoxy groups -OCH3 is 1. The molecule has 4 rings (SSSR count). The molecule has 0 saturated heterocycles. The highest BCUT2D eigenvalue weighted by atomic mass is 32.1. The van der Waals surface area contributed by atoms with Crippen LogP contribution >= 0.6 is 11.3 Å². The van der Waals surface area contributed by atoms with Crippen molar-refractivity contribution in [3.63, 3.8) is 0 Å². The molecule has 116 valence electrons. The van der Waals surface area contributed by atoms with Gasteiger partial charge in [0.15, 0.2) is 11.6 Å². The van der Waals surface area contributed by atoms with Gasteiger partial charge in [-0.2, -0.15) is 11.3 Å². The number of fused-ring (bicyclic) bond motifs is 4. The summed E-state index contributed by atoms with van der Waals surface area (Å²) < 4.78 is 4.88. The second kappa shape index (κ2) is 4.86. The van der Waals surface area contributed by atoms with Crippen molar-refractivity contribution in [1.82, 2.24) is 0 Å². The van der Waals surface area contributed by atoms with Crippen LogP contribution in [0.1, 0.15) is 5.56 Å². The summed E-state index contributed by atoms with van der Waals surface area (Å²) >= 11 is 1.60. The van der Waals surface area contributed by atoms with Crippen molar-refractivity contribution in [2.75, 3.05) is 7.11 Å². The van der Waals surface area contributed by atoms with Gasteiger partial charge in [-0.25, -0.2) is 0 Å². The van der Waals surface area contributed by atoms with E-state index in [1.807, 2.05) is 35.1 Å². The first-order chi connectivity index (χ1) is 11.1. The number of ketones is 2. The molecule has 0 spiro atoms. The molecule has 4 nitrogen and oxygen atoms in total. The van der Waals surface area contributed by atoms with Crippen molar-refractivity contribution in [2.45, 2.75) is 0 Å². The molecule has 1 heterocycles. The van der Waals surface area contributed by atoms with Crippen molar-refractivity contribution in [3.8, 4) is 0 Å². The Labute approximate surface area is 137 Å². The van der Waals surface area contributed by atoms with E-state index in [-0.39, 0.29) is 23.4 Å². The fourth-order valence-corrected chi connectivity index (χ4v) is 4.82. The molecule has 23 heavy (non-hydrogen) atoms. The zero-order valence-electron chi connectivity index (χ0n) is 12.4. The molecular weight excluding hydrogens is 312 g/mol. The van der Waals surface area contributed by atoms with Gasteiger partial charge in [0.25, 0.3) is 0 Å². The molecule has 0 amide bonds. The number of esters is 1. The smallest absolute Gasteiger partial charge is 0.321 e. The third kappa shape index (κ3) is 1.68. The second-order valence-corrected chi connectivity index (χ2v) is 6.83. The molecule has 0 aliphatic heterocycles. The summed E-state index contributed by atoms with van der Waals surface area (Å²) in [6.45, 7) is 0. The molecule has 0 bridgehead atoms. The molecule has 3 aliphatic carbocycles. The Morgan fingerprint density at radius 1 is 1.30 bits per heavy atom. The molecule has 0 aromatic carbocycles. The van der Waals surface area contributed by atoms with Crippen molar-refractivity contribution in [2.24, 2.45) is 23.2 Å². The number of thiophene rings is 1. The van der Waals surface area contributed by atoms with E-state index in [2.05, 4.69) is 0 Å². The maximum absolute atomic E-state index is 12.5. The summed E-state index contributed by atoms with van der Waals surface area (Å²) in [5.41, 5.74) is 0.691. The fraction of sp³-hybridized carbons (Fsp3) is 0.278. The lowest BCUT2D eigenvalue weighted by molar-refractivity contribution is -0.184. The van der Waals surface area contributed by atoms with Crippen LogP contribution in [0, 0.1) is 23.2 Å². The first kappa shape index (κ1) is 14.3. The minimum Gasteiger partial charge on any atom is -0.468 e. The molecule has 1 aromatic rings. The van der Waals surface area contributed by atoms with Crippen LogP contribution in [0.2, 0.25) is 0 Å². The van der Waals surface area contributed by atoms with E-state index >= 15 is 0 Å². The van der Waals surface area contributed by atoms with Crippen LogP contribution in [0.4, 0.5) is 0 Å². The Balaban J connectivity index is 1.80. The van der Waals surface area contributed by atoms with E-state index in [0.717, 1.165) is 11.1 Å². The molecular formula is C18H14O4S. The van der Waals surface area contributed by atoms with Crippen molar-refractivity contribution in [1.29, 1.82) is 0 Å². The first-order valence-corrected chi connectivity index (χ1v) is 8.31.